The van der Waals surface area contributed by atoms with Crippen molar-refractivity contribution in [2.24, 2.45) is 52.3 Å². The van der Waals surface area contributed by atoms with E-state index >= 15 is 0 Å². The Bertz CT molecular complexity index is 1310. The number of aliphatic hydroxyl groups is 7. The Morgan fingerprint density at radius 3 is 2.02 bits per heavy atom. The quantitative estimate of drug-likeness (QED) is 0.205. The van der Waals surface area contributed by atoms with E-state index < -0.39 is 79.4 Å². The third-order valence-electron chi connectivity index (χ3n) is 16.1. The van der Waals surface area contributed by atoms with Gasteiger partial charge in [-0.05, 0) is 112 Å². The van der Waals surface area contributed by atoms with Crippen molar-refractivity contribution in [1.82, 2.24) is 0 Å². The van der Waals surface area contributed by atoms with Crippen LogP contribution in [0.5, 0.6) is 0 Å². The minimum absolute atomic E-state index is 0.00617. The highest BCUT2D eigenvalue weighted by Crippen LogP contribution is 2.71. The Kier molecular flexibility index (Phi) is 10.0. The molecule has 8 aliphatic rings. The lowest BCUT2D eigenvalue weighted by molar-refractivity contribution is -0.363. The molecule has 0 bridgehead atoms. The number of hydrogen-bond donors (Lipinski definition) is 7. The molecule has 13 heteroatoms. The summed E-state index contributed by atoms with van der Waals surface area (Å²) in [6.07, 6.45) is -7.54. The topological polar surface area (TPSA) is 197 Å². The normalized spacial score (nSPS) is 61.9. The Morgan fingerprint density at radius 1 is 0.635 bits per heavy atom. The van der Waals surface area contributed by atoms with Crippen LogP contribution in [0.4, 0.5) is 0 Å². The Balaban J connectivity index is 1.04. The van der Waals surface area contributed by atoms with E-state index in [4.69, 9.17) is 28.4 Å². The highest BCUT2D eigenvalue weighted by Gasteiger charge is 2.71. The van der Waals surface area contributed by atoms with E-state index in [1.807, 2.05) is 0 Å². The first-order chi connectivity index (χ1) is 24.5. The minimum Gasteiger partial charge on any atom is -0.393 e. The van der Waals surface area contributed by atoms with E-state index in [0.29, 0.717) is 37.2 Å². The van der Waals surface area contributed by atoms with Gasteiger partial charge in [0.05, 0.1) is 37.1 Å². The average molecular weight is 741 g/mol. The molecule has 1 spiro atoms. The van der Waals surface area contributed by atoms with Gasteiger partial charge in [-0.25, -0.2) is 0 Å². The standard InChI is InChI=1S/C39H64O13/c1-16-11-27(41)39(47-15-16)17(2)28-26(52-39)14-23-21-13-25(24-12-20(40)7-9-37(24,5)22(21)8-10-38(23,28)6)50-36-33(46)34(30(43)19(4)49-36)51-35-32(45)31(44)29(42)18(3)48-35/h16-36,40-46H,7-15H2,1-6H3/t16-,17+,18-,19-,20+,21-,22+,23+,24-,25+,26+,27+,28+,29-,30-,31+,32+,33-,34+,35+,36+,37-,38+,39+/m1/s1. The average Bonchev–Trinajstić information content (AvgIpc) is 3.55. The van der Waals surface area contributed by atoms with Gasteiger partial charge in [-0.1, -0.05) is 27.7 Å². The number of ether oxygens (including phenoxy) is 6. The van der Waals surface area contributed by atoms with Crippen molar-refractivity contribution in [2.45, 2.75) is 185 Å². The van der Waals surface area contributed by atoms with Crippen LogP contribution in [0.25, 0.3) is 0 Å². The molecule has 0 aromatic carbocycles. The lowest BCUT2D eigenvalue weighted by Crippen LogP contribution is -2.64. The van der Waals surface area contributed by atoms with Gasteiger partial charge in [0.15, 0.2) is 18.4 Å². The zero-order chi connectivity index (χ0) is 37.2. The monoisotopic (exact) mass is 740 g/mol. The maximum absolute atomic E-state index is 11.7. The zero-order valence-electron chi connectivity index (χ0n) is 31.6. The van der Waals surface area contributed by atoms with Gasteiger partial charge in [0.2, 0.25) is 0 Å². The molecule has 0 aromatic rings. The maximum Gasteiger partial charge on any atom is 0.197 e. The van der Waals surface area contributed by atoms with Crippen LogP contribution >= 0.6 is 0 Å². The first-order valence-corrected chi connectivity index (χ1v) is 20.2. The first-order valence-electron chi connectivity index (χ1n) is 20.2. The molecule has 0 amide bonds. The van der Waals surface area contributed by atoms with E-state index in [0.717, 1.165) is 38.5 Å². The molecular formula is C39H64O13. The zero-order valence-corrected chi connectivity index (χ0v) is 31.6. The lowest BCUT2D eigenvalue weighted by atomic mass is 9.43. The predicted molar refractivity (Wildman–Crippen MR) is 183 cm³/mol. The Morgan fingerprint density at radius 2 is 1.31 bits per heavy atom. The smallest absolute Gasteiger partial charge is 0.197 e. The van der Waals surface area contributed by atoms with E-state index in [1.54, 1.807) is 13.8 Å². The minimum atomic E-state index is -1.60. The molecule has 52 heavy (non-hydrogen) atoms. The van der Waals surface area contributed by atoms with Crippen molar-refractivity contribution in [2.75, 3.05) is 6.61 Å². The second-order valence-corrected chi connectivity index (χ2v) is 18.9. The maximum atomic E-state index is 11.7. The predicted octanol–water partition coefficient (Wildman–Crippen LogP) is 1.44. The summed E-state index contributed by atoms with van der Waals surface area (Å²) >= 11 is 0. The molecule has 8 fully saturated rings. The Labute approximate surface area is 307 Å². The fourth-order valence-corrected chi connectivity index (χ4v) is 13.3. The molecule has 0 aromatic heterocycles. The van der Waals surface area contributed by atoms with E-state index in [-0.39, 0.29) is 46.7 Å². The van der Waals surface area contributed by atoms with Gasteiger partial charge < -0.3 is 64.2 Å². The van der Waals surface area contributed by atoms with E-state index in [9.17, 15) is 35.7 Å². The molecule has 0 radical (unpaired) electrons. The molecule has 0 unspecified atom stereocenters. The van der Waals surface area contributed by atoms with Crippen molar-refractivity contribution >= 4 is 0 Å². The third-order valence-corrected chi connectivity index (χ3v) is 16.1. The van der Waals surface area contributed by atoms with Crippen LogP contribution in [0.1, 0.15) is 92.9 Å². The highest BCUT2D eigenvalue weighted by atomic mass is 16.7. The largest absolute Gasteiger partial charge is 0.393 e. The van der Waals surface area contributed by atoms with Crippen LogP contribution in [-0.4, -0.2) is 134 Å². The number of fused-ring (bicyclic) bond motifs is 7. The molecule has 4 heterocycles. The fraction of sp³-hybridized carbons (Fsp3) is 1.00. The fourth-order valence-electron chi connectivity index (χ4n) is 13.3. The van der Waals surface area contributed by atoms with Crippen molar-refractivity contribution < 1.29 is 64.2 Å². The third kappa shape index (κ3) is 5.73. The molecule has 7 N–H and O–H groups in total. The van der Waals surface area contributed by atoms with Crippen LogP contribution in [0, 0.1) is 52.3 Å². The Hall–Kier alpha value is -0.520. The highest BCUT2D eigenvalue weighted by molar-refractivity contribution is 5.17. The van der Waals surface area contributed by atoms with Gasteiger partial charge in [-0.2, -0.15) is 0 Å². The van der Waals surface area contributed by atoms with Crippen molar-refractivity contribution in [3.63, 3.8) is 0 Å². The molecular weight excluding hydrogens is 676 g/mol. The number of hydrogen-bond acceptors (Lipinski definition) is 13. The van der Waals surface area contributed by atoms with Crippen molar-refractivity contribution in [3.8, 4) is 0 Å². The van der Waals surface area contributed by atoms with Crippen LogP contribution < -0.4 is 0 Å². The molecule has 4 saturated carbocycles. The molecule has 24 atom stereocenters. The van der Waals surface area contributed by atoms with Gasteiger partial charge in [-0.3, -0.25) is 0 Å². The number of rotatable bonds is 4. The van der Waals surface area contributed by atoms with Gasteiger partial charge in [0, 0.05) is 5.92 Å². The van der Waals surface area contributed by atoms with Gasteiger partial charge >= 0.3 is 0 Å². The van der Waals surface area contributed by atoms with Crippen molar-refractivity contribution in [3.05, 3.63) is 0 Å². The van der Waals surface area contributed by atoms with Gasteiger partial charge in [-0.15, -0.1) is 0 Å². The molecule has 4 saturated heterocycles. The van der Waals surface area contributed by atoms with Crippen LogP contribution in [-0.2, 0) is 28.4 Å². The first kappa shape index (κ1) is 38.4. The van der Waals surface area contributed by atoms with Crippen LogP contribution in [0.2, 0.25) is 0 Å². The summed E-state index contributed by atoms with van der Waals surface area (Å²) in [6, 6.07) is 0. The summed E-state index contributed by atoms with van der Waals surface area (Å²) in [6.45, 7) is 12.9. The van der Waals surface area contributed by atoms with Crippen LogP contribution in [0.3, 0.4) is 0 Å². The molecule has 8 rings (SSSR count). The molecule has 4 aliphatic carbocycles. The summed E-state index contributed by atoms with van der Waals surface area (Å²) in [7, 11) is 0. The molecule has 4 aliphatic heterocycles. The van der Waals surface area contributed by atoms with Gasteiger partial charge in [0.1, 0.15) is 42.7 Å². The summed E-state index contributed by atoms with van der Waals surface area (Å²) in [5.74, 6) is 0.760. The number of aliphatic hydroxyl groups excluding tert-OH is 7. The summed E-state index contributed by atoms with van der Waals surface area (Å²) in [4.78, 5) is 0. The van der Waals surface area contributed by atoms with Crippen molar-refractivity contribution in [1.29, 1.82) is 0 Å². The van der Waals surface area contributed by atoms with E-state index in [2.05, 4.69) is 27.7 Å². The SMILES string of the molecule is C[C@H]1CO[C@@]2(O[C@H]3C[C@H]4[C@@H]5C[C@H](O[C@@H]6O[C@H](C)[C@@H](O)[C@H](O[C@@H]7O[C@H](C)[C@@H](O)[C@H](O)[C@@H]7O)[C@H]6O)[C@H]6C[C@@H](O)CC[C@]6(C)[C@H]5CC[C@]4(C)[C@H]3[C@@H]2C)[C@@H](O)C1. The van der Waals surface area contributed by atoms with Crippen LogP contribution in [0.15, 0.2) is 0 Å². The summed E-state index contributed by atoms with van der Waals surface area (Å²) in [5, 5.41) is 76.3. The molecule has 298 valence electrons. The summed E-state index contributed by atoms with van der Waals surface area (Å²) < 4.78 is 37.9. The summed E-state index contributed by atoms with van der Waals surface area (Å²) in [5.41, 5.74) is -0.122. The molecule has 13 nitrogen and oxygen atoms in total. The second-order valence-electron chi connectivity index (χ2n) is 18.9. The van der Waals surface area contributed by atoms with E-state index in [1.165, 1.54) is 0 Å². The van der Waals surface area contributed by atoms with Gasteiger partial charge in [0.25, 0.3) is 0 Å². The lowest BCUT2D eigenvalue weighted by Gasteiger charge is -2.63. The second kappa shape index (κ2) is 13.6.